The van der Waals surface area contributed by atoms with Crippen molar-refractivity contribution in [3.05, 3.63) is 42.0 Å². The smallest absolute Gasteiger partial charge is 0.407 e. The van der Waals surface area contributed by atoms with Crippen molar-refractivity contribution in [2.45, 2.75) is 6.10 Å². The molecule has 26 heavy (non-hydrogen) atoms. The van der Waals surface area contributed by atoms with Gasteiger partial charge in [0.25, 0.3) is 0 Å². The number of amides is 2. The van der Waals surface area contributed by atoms with Gasteiger partial charge in [0.15, 0.2) is 0 Å². The highest BCUT2D eigenvalue weighted by atomic mass is 16.5. The maximum absolute atomic E-state index is 12.3. The normalized spacial score (nSPS) is 17.0. The molecule has 3 rings (SSSR count). The van der Waals surface area contributed by atoms with Gasteiger partial charge in [-0.2, -0.15) is 0 Å². The Balaban J connectivity index is 1.69. The number of hydrogen-bond acceptors (Lipinski definition) is 5. The van der Waals surface area contributed by atoms with E-state index in [-0.39, 0.29) is 18.6 Å². The molecule has 2 aromatic rings. The number of benzene rings is 2. The number of hydrogen-bond donors (Lipinski definition) is 1. The summed E-state index contributed by atoms with van der Waals surface area (Å²) in [5.41, 5.74) is 1.01. The molecule has 1 aliphatic heterocycles. The SMILES string of the molecule is COC(=O)NCC(=O)N1CCOC(c2ccc3cc(OC)ccc3c2)C1. The van der Waals surface area contributed by atoms with E-state index in [0.29, 0.717) is 19.7 Å². The van der Waals surface area contributed by atoms with Crippen LogP contribution < -0.4 is 10.1 Å². The fourth-order valence-corrected chi connectivity index (χ4v) is 2.98. The van der Waals surface area contributed by atoms with Crippen LogP contribution in [0.25, 0.3) is 10.8 Å². The maximum Gasteiger partial charge on any atom is 0.407 e. The summed E-state index contributed by atoms with van der Waals surface area (Å²) in [6.07, 6.45) is -0.814. The van der Waals surface area contributed by atoms with Crippen LogP contribution in [0.4, 0.5) is 4.79 Å². The first kappa shape index (κ1) is 18.0. The van der Waals surface area contributed by atoms with E-state index >= 15 is 0 Å². The van der Waals surface area contributed by atoms with E-state index in [0.717, 1.165) is 22.1 Å². The molecule has 1 atom stereocenters. The molecule has 138 valence electrons. The second kappa shape index (κ2) is 8.05. The first-order chi connectivity index (χ1) is 12.6. The lowest BCUT2D eigenvalue weighted by Crippen LogP contribution is -2.46. The van der Waals surface area contributed by atoms with E-state index in [2.05, 4.69) is 16.1 Å². The van der Waals surface area contributed by atoms with Crippen molar-refractivity contribution in [3.8, 4) is 5.75 Å². The van der Waals surface area contributed by atoms with Gasteiger partial charge in [-0.1, -0.05) is 18.2 Å². The van der Waals surface area contributed by atoms with Crippen LogP contribution in [-0.2, 0) is 14.3 Å². The first-order valence-corrected chi connectivity index (χ1v) is 8.39. The van der Waals surface area contributed by atoms with Crippen LogP contribution in [-0.4, -0.2) is 57.4 Å². The van der Waals surface area contributed by atoms with E-state index in [1.165, 1.54) is 7.11 Å². The molecule has 7 heteroatoms. The molecular formula is C19H22N2O5. The van der Waals surface area contributed by atoms with Gasteiger partial charge in [-0.05, 0) is 34.5 Å². The van der Waals surface area contributed by atoms with Crippen molar-refractivity contribution in [1.29, 1.82) is 0 Å². The molecule has 0 bridgehead atoms. The second-order valence-electron chi connectivity index (χ2n) is 6.02. The number of methoxy groups -OCH3 is 2. The number of nitrogens with one attached hydrogen (secondary N) is 1. The number of carbonyl (C=O) groups is 2. The minimum atomic E-state index is -0.617. The summed E-state index contributed by atoms with van der Waals surface area (Å²) in [6, 6.07) is 12.0. The quantitative estimate of drug-likeness (QED) is 0.906. The summed E-state index contributed by atoms with van der Waals surface area (Å²) in [7, 11) is 2.91. The summed E-state index contributed by atoms with van der Waals surface area (Å²) in [5.74, 6) is 0.656. The van der Waals surface area contributed by atoms with Gasteiger partial charge in [-0.15, -0.1) is 0 Å². The highest BCUT2D eigenvalue weighted by Gasteiger charge is 2.25. The zero-order valence-corrected chi connectivity index (χ0v) is 14.9. The van der Waals surface area contributed by atoms with Crippen LogP contribution in [0.15, 0.2) is 36.4 Å². The van der Waals surface area contributed by atoms with Gasteiger partial charge in [0.05, 0.1) is 27.4 Å². The third-order valence-electron chi connectivity index (χ3n) is 4.43. The van der Waals surface area contributed by atoms with Gasteiger partial charge in [0, 0.05) is 6.54 Å². The predicted molar refractivity (Wildman–Crippen MR) is 96.2 cm³/mol. The first-order valence-electron chi connectivity index (χ1n) is 8.39. The number of ether oxygens (including phenoxy) is 3. The van der Waals surface area contributed by atoms with Crippen LogP contribution >= 0.6 is 0 Å². The zero-order chi connectivity index (χ0) is 18.5. The lowest BCUT2D eigenvalue weighted by molar-refractivity contribution is -0.137. The Morgan fingerprint density at radius 3 is 2.73 bits per heavy atom. The molecule has 1 N–H and O–H groups in total. The standard InChI is InChI=1S/C19H22N2O5/c1-24-16-6-5-13-9-15(4-3-14(13)10-16)17-12-21(7-8-26-17)18(22)11-20-19(23)25-2/h3-6,9-10,17H,7-8,11-12H2,1-2H3,(H,20,23). The van der Waals surface area contributed by atoms with Gasteiger partial charge >= 0.3 is 6.09 Å². The number of morpholine rings is 1. The molecule has 7 nitrogen and oxygen atoms in total. The van der Waals surface area contributed by atoms with Gasteiger partial charge in [0.2, 0.25) is 5.91 Å². The van der Waals surface area contributed by atoms with Crippen LogP contribution in [0.1, 0.15) is 11.7 Å². The Morgan fingerprint density at radius 1 is 1.19 bits per heavy atom. The number of carbonyl (C=O) groups excluding carboxylic acids is 2. The zero-order valence-electron chi connectivity index (χ0n) is 14.9. The average molecular weight is 358 g/mol. The van der Waals surface area contributed by atoms with Gasteiger partial charge in [-0.25, -0.2) is 4.79 Å². The van der Waals surface area contributed by atoms with Crippen LogP contribution in [0, 0.1) is 0 Å². The molecule has 2 aromatic carbocycles. The summed E-state index contributed by atoms with van der Waals surface area (Å²) in [5, 5.41) is 4.58. The lowest BCUT2D eigenvalue weighted by atomic mass is 10.0. The van der Waals surface area contributed by atoms with E-state index in [9.17, 15) is 9.59 Å². The fraction of sp³-hybridized carbons (Fsp3) is 0.368. The van der Waals surface area contributed by atoms with Crippen molar-refractivity contribution in [2.24, 2.45) is 0 Å². The van der Waals surface area contributed by atoms with Gasteiger partial charge < -0.3 is 24.4 Å². The molecule has 0 radical (unpaired) electrons. The topological polar surface area (TPSA) is 77.1 Å². The van der Waals surface area contributed by atoms with Crippen molar-refractivity contribution in [2.75, 3.05) is 40.5 Å². The van der Waals surface area contributed by atoms with Crippen molar-refractivity contribution >= 4 is 22.8 Å². The Labute approximate surface area is 151 Å². The van der Waals surface area contributed by atoms with E-state index in [1.54, 1.807) is 12.0 Å². The van der Waals surface area contributed by atoms with Crippen LogP contribution in [0.3, 0.4) is 0 Å². The lowest BCUT2D eigenvalue weighted by Gasteiger charge is -2.33. The molecular weight excluding hydrogens is 336 g/mol. The summed E-state index contributed by atoms with van der Waals surface area (Å²) in [4.78, 5) is 25.1. The Morgan fingerprint density at radius 2 is 1.96 bits per heavy atom. The van der Waals surface area contributed by atoms with Crippen LogP contribution in [0.2, 0.25) is 0 Å². The molecule has 1 aliphatic rings. The number of alkyl carbamates (subject to hydrolysis) is 1. The largest absolute Gasteiger partial charge is 0.497 e. The molecule has 2 amide bonds. The summed E-state index contributed by atoms with van der Waals surface area (Å²) < 4.78 is 15.6. The van der Waals surface area contributed by atoms with Crippen molar-refractivity contribution in [3.63, 3.8) is 0 Å². The van der Waals surface area contributed by atoms with Gasteiger partial charge in [0.1, 0.15) is 18.4 Å². The third-order valence-corrected chi connectivity index (χ3v) is 4.43. The molecule has 0 aromatic heterocycles. The third kappa shape index (κ3) is 4.05. The highest BCUT2D eigenvalue weighted by molar-refractivity contribution is 5.85. The molecule has 1 saturated heterocycles. The molecule has 1 unspecified atom stereocenters. The summed E-state index contributed by atoms with van der Waals surface area (Å²) in [6.45, 7) is 1.32. The summed E-state index contributed by atoms with van der Waals surface area (Å²) >= 11 is 0. The molecule has 0 saturated carbocycles. The van der Waals surface area contributed by atoms with E-state index < -0.39 is 6.09 Å². The number of nitrogens with zero attached hydrogens (tertiary/aromatic N) is 1. The number of fused-ring (bicyclic) bond motifs is 1. The minimum Gasteiger partial charge on any atom is -0.497 e. The van der Waals surface area contributed by atoms with E-state index in [1.807, 2.05) is 30.3 Å². The Hall–Kier alpha value is -2.80. The predicted octanol–water partition coefficient (Wildman–Crippen LogP) is 2.10. The highest BCUT2D eigenvalue weighted by Crippen LogP contribution is 2.27. The average Bonchev–Trinajstić information content (AvgIpc) is 2.70. The minimum absolute atomic E-state index is 0.0864. The Kier molecular flexibility index (Phi) is 5.58. The second-order valence-corrected chi connectivity index (χ2v) is 6.02. The molecule has 0 spiro atoms. The fourth-order valence-electron chi connectivity index (χ4n) is 2.98. The van der Waals surface area contributed by atoms with Crippen molar-refractivity contribution in [1.82, 2.24) is 10.2 Å². The van der Waals surface area contributed by atoms with Crippen molar-refractivity contribution < 1.29 is 23.8 Å². The van der Waals surface area contributed by atoms with E-state index in [4.69, 9.17) is 9.47 Å². The molecule has 1 fully saturated rings. The monoisotopic (exact) mass is 358 g/mol. The number of rotatable bonds is 4. The molecule has 0 aliphatic carbocycles. The van der Waals surface area contributed by atoms with Crippen LogP contribution in [0.5, 0.6) is 5.75 Å². The molecule has 1 heterocycles. The maximum atomic E-state index is 12.3. The Bertz CT molecular complexity index is 808. The van der Waals surface area contributed by atoms with Gasteiger partial charge in [-0.3, -0.25) is 4.79 Å².